The molecule has 2 heterocycles. The first-order chi connectivity index (χ1) is 12.5. The average Bonchev–Trinajstić information content (AvgIpc) is 2.67. The van der Waals surface area contributed by atoms with Crippen molar-refractivity contribution in [2.45, 2.75) is 19.3 Å². The number of amides is 4. The molecule has 0 saturated carbocycles. The molecule has 26 heavy (non-hydrogen) atoms. The molecule has 4 amide bonds. The van der Waals surface area contributed by atoms with E-state index in [1.165, 1.54) is 10.5 Å². The van der Waals surface area contributed by atoms with Gasteiger partial charge in [0.1, 0.15) is 0 Å². The third-order valence-corrected chi connectivity index (χ3v) is 5.23. The maximum absolute atomic E-state index is 12.7. The molecule has 3 rings (SSSR count). The monoisotopic (exact) mass is 358 g/mol. The van der Waals surface area contributed by atoms with E-state index in [1.807, 2.05) is 23.1 Å². The minimum Gasteiger partial charge on any atom is -0.351 e. The molecule has 1 aromatic carbocycles. The second-order valence-electron chi connectivity index (χ2n) is 7.00. The van der Waals surface area contributed by atoms with Crippen LogP contribution in [0.1, 0.15) is 18.4 Å². The summed E-state index contributed by atoms with van der Waals surface area (Å²) in [5.74, 6) is -0.296. The summed E-state index contributed by atoms with van der Waals surface area (Å²) in [5.41, 5.74) is 6.53. The number of urea groups is 1. The Morgan fingerprint density at radius 2 is 1.85 bits per heavy atom. The van der Waals surface area contributed by atoms with Crippen molar-refractivity contribution in [1.29, 1.82) is 0 Å². The predicted octanol–water partition coefficient (Wildman–Crippen LogP) is 0.691. The Bertz CT molecular complexity index is 664. The molecule has 1 aromatic rings. The van der Waals surface area contributed by atoms with Crippen LogP contribution in [0.2, 0.25) is 0 Å². The molecule has 140 valence electrons. The molecule has 2 saturated heterocycles. The predicted molar refractivity (Wildman–Crippen MR) is 97.2 cm³/mol. The van der Waals surface area contributed by atoms with Crippen molar-refractivity contribution in [3.05, 3.63) is 35.9 Å². The number of benzene rings is 1. The lowest BCUT2D eigenvalue weighted by Gasteiger charge is -2.38. The molecule has 0 aromatic heterocycles. The second-order valence-corrected chi connectivity index (χ2v) is 7.00. The summed E-state index contributed by atoms with van der Waals surface area (Å²) in [5, 5.41) is 0. The van der Waals surface area contributed by atoms with Crippen molar-refractivity contribution in [1.82, 2.24) is 14.7 Å². The third kappa shape index (κ3) is 4.33. The number of rotatable bonds is 4. The van der Waals surface area contributed by atoms with Gasteiger partial charge in [-0.05, 0) is 24.8 Å². The number of primary amides is 1. The Balaban J connectivity index is 1.50. The van der Waals surface area contributed by atoms with Crippen LogP contribution in [0.15, 0.2) is 30.3 Å². The van der Waals surface area contributed by atoms with Crippen LogP contribution in [0.25, 0.3) is 0 Å². The molecule has 0 radical (unpaired) electrons. The third-order valence-electron chi connectivity index (χ3n) is 5.23. The van der Waals surface area contributed by atoms with Crippen LogP contribution in [0.3, 0.4) is 0 Å². The van der Waals surface area contributed by atoms with Crippen molar-refractivity contribution in [2.75, 3.05) is 39.3 Å². The zero-order valence-electron chi connectivity index (χ0n) is 15.0. The van der Waals surface area contributed by atoms with E-state index in [0.29, 0.717) is 32.7 Å². The van der Waals surface area contributed by atoms with E-state index in [0.717, 1.165) is 19.3 Å². The van der Waals surface area contributed by atoms with Crippen LogP contribution in [-0.2, 0) is 16.0 Å². The molecule has 7 nitrogen and oxygen atoms in total. The van der Waals surface area contributed by atoms with E-state index >= 15 is 0 Å². The first-order valence-electron chi connectivity index (χ1n) is 9.19. The molecule has 1 atom stereocenters. The average molecular weight is 358 g/mol. The number of hydrogen-bond donors (Lipinski definition) is 1. The minimum absolute atomic E-state index is 0.0110. The highest BCUT2D eigenvalue weighted by atomic mass is 16.2. The second kappa shape index (κ2) is 8.21. The smallest absolute Gasteiger partial charge is 0.314 e. The normalized spacial score (nSPS) is 21.0. The molecule has 7 heteroatoms. The summed E-state index contributed by atoms with van der Waals surface area (Å²) < 4.78 is 0. The Morgan fingerprint density at radius 1 is 1.08 bits per heavy atom. The van der Waals surface area contributed by atoms with E-state index < -0.39 is 6.03 Å². The van der Waals surface area contributed by atoms with Gasteiger partial charge in [-0.25, -0.2) is 4.79 Å². The fraction of sp³-hybridized carbons (Fsp3) is 0.526. The number of nitrogens with zero attached hydrogens (tertiary/aromatic N) is 3. The largest absolute Gasteiger partial charge is 0.351 e. The minimum atomic E-state index is -0.482. The van der Waals surface area contributed by atoms with Gasteiger partial charge in [-0.2, -0.15) is 0 Å². The van der Waals surface area contributed by atoms with Crippen LogP contribution in [0.4, 0.5) is 4.79 Å². The molecular weight excluding hydrogens is 332 g/mol. The number of piperazine rings is 1. The quantitative estimate of drug-likeness (QED) is 0.859. The summed E-state index contributed by atoms with van der Waals surface area (Å²) >= 11 is 0. The van der Waals surface area contributed by atoms with Gasteiger partial charge in [0.25, 0.3) is 0 Å². The molecule has 2 fully saturated rings. The van der Waals surface area contributed by atoms with Crippen molar-refractivity contribution >= 4 is 17.8 Å². The number of nitrogens with two attached hydrogens (primary N) is 1. The number of piperidine rings is 1. The highest BCUT2D eigenvalue weighted by Crippen LogP contribution is 2.20. The fourth-order valence-corrected chi connectivity index (χ4v) is 3.68. The molecule has 0 unspecified atom stereocenters. The lowest BCUT2D eigenvalue weighted by atomic mass is 9.96. The van der Waals surface area contributed by atoms with Gasteiger partial charge in [0, 0.05) is 32.7 Å². The Labute approximate surface area is 153 Å². The van der Waals surface area contributed by atoms with E-state index in [2.05, 4.69) is 12.1 Å². The number of hydrogen-bond acceptors (Lipinski definition) is 3. The first kappa shape index (κ1) is 18.2. The molecular formula is C19H26N4O3. The highest BCUT2D eigenvalue weighted by Gasteiger charge is 2.34. The zero-order chi connectivity index (χ0) is 18.5. The van der Waals surface area contributed by atoms with Crippen molar-refractivity contribution in [3.8, 4) is 0 Å². The standard InChI is InChI=1S/C19H26N4O3/c20-19(26)23-9-4-7-16(13-23)18(25)22-12-11-21(17(24)14-22)10-8-15-5-2-1-3-6-15/h1-3,5-6,16H,4,7-14H2,(H2,20,26)/t16-/m1/s1. The Kier molecular flexibility index (Phi) is 5.75. The van der Waals surface area contributed by atoms with Gasteiger partial charge in [-0.3, -0.25) is 9.59 Å². The van der Waals surface area contributed by atoms with Crippen molar-refractivity contribution in [3.63, 3.8) is 0 Å². The molecule has 2 aliphatic heterocycles. The van der Waals surface area contributed by atoms with E-state index in [9.17, 15) is 14.4 Å². The van der Waals surface area contributed by atoms with E-state index in [4.69, 9.17) is 5.73 Å². The summed E-state index contributed by atoms with van der Waals surface area (Å²) in [4.78, 5) is 41.5. The Morgan fingerprint density at radius 3 is 2.54 bits per heavy atom. The fourth-order valence-electron chi connectivity index (χ4n) is 3.68. The number of likely N-dealkylation sites (tertiary alicyclic amines) is 1. The maximum atomic E-state index is 12.7. The molecule has 0 aliphatic carbocycles. The lowest BCUT2D eigenvalue weighted by Crippen LogP contribution is -2.55. The summed E-state index contributed by atoms with van der Waals surface area (Å²) in [6.07, 6.45) is 2.33. The van der Waals surface area contributed by atoms with Crippen LogP contribution in [0.5, 0.6) is 0 Å². The maximum Gasteiger partial charge on any atom is 0.314 e. The summed E-state index contributed by atoms with van der Waals surface area (Å²) in [7, 11) is 0. The lowest BCUT2D eigenvalue weighted by molar-refractivity contribution is -0.148. The van der Waals surface area contributed by atoms with Crippen molar-refractivity contribution in [2.24, 2.45) is 11.7 Å². The molecule has 0 spiro atoms. The van der Waals surface area contributed by atoms with Crippen LogP contribution in [0, 0.1) is 5.92 Å². The number of carbonyl (C=O) groups excluding carboxylic acids is 3. The van der Waals surface area contributed by atoms with Crippen LogP contribution in [-0.4, -0.2) is 71.8 Å². The van der Waals surface area contributed by atoms with Crippen LogP contribution >= 0.6 is 0 Å². The van der Waals surface area contributed by atoms with Gasteiger partial charge < -0.3 is 20.4 Å². The summed E-state index contributed by atoms with van der Waals surface area (Å²) in [6.45, 7) is 2.86. The van der Waals surface area contributed by atoms with E-state index in [1.54, 1.807) is 4.90 Å². The van der Waals surface area contributed by atoms with Gasteiger partial charge in [-0.1, -0.05) is 30.3 Å². The van der Waals surface area contributed by atoms with Gasteiger partial charge in [0.2, 0.25) is 11.8 Å². The molecule has 0 bridgehead atoms. The molecule has 2 N–H and O–H groups in total. The van der Waals surface area contributed by atoms with Crippen LogP contribution < -0.4 is 5.73 Å². The Hall–Kier alpha value is -2.57. The number of carbonyl (C=O) groups is 3. The SMILES string of the molecule is NC(=O)N1CCC[C@@H](C(=O)N2CCN(CCc3ccccc3)C(=O)C2)C1. The topological polar surface area (TPSA) is 86.9 Å². The van der Waals surface area contributed by atoms with E-state index in [-0.39, 0.29) is 24.3 Å². The van der Waals surface area contributed by atoms with Gasteiger partial charge in [-0.15, -0.1) is 0 Å². The zero-order valence-corrected chi connectivity index (χ0v) is 15.0. The van der Waals surface area contributed by atoms with Gasteiger partial charge in [0.05, 0.1) is 12.5 Å². The first-order valence-corrected chi connectivity index (χ1v) is 9.19. The summed E-state index contributed by atoms with van der Waals surface area (Å²) in [6, 6.07) is 9.59. The molecule has 2 aliphatic rings. The van der Waals surface area contributed by atoms with Crippen molar-refractivity contribution < 1.29 is 14.4 Å². The van der Waals surface area contributed by atoms with Gasteiger partial charge in [0.15, 0.2) is 0 Å². The highest BCUT2D eigenvalue weighted by molar-refractivity contribution is 5.87. The van der Waals surface area contributed by atoms with Gasteiger partial charge >= 0.3 is 6.03 Å².